The van der Waals surface area contributed by atoms with Gasteiger partial charge in [-0.25, -0.2) is 4.98 Å². The first kappa shape index (κ1) is 18.3. The van der Waals surface area contributed by atoms with Crippen LogP contribution in [0.2, 0.25) is 18.1 Å². The van der Waals surface area contributed by atoms with Crippen molar-refractivity contribution in [3.8, 4) is 16.9 Å². The smallest absolute Gasteiger partial charge is 0.250 e. The average Bonchev–Trinajstić information content (AvgIpc) is 2.61. The largest absolute Gasteiger partial charge is 0.542 e. The number of aldehydes is 1. The summed E-state index contributed by atoms with van der Waals surface area (Å²) < 4.78 is 6.53. The Hall–Kier alpha value is -2.46. The molecule has 1 heterocycles. The predicted octanol–water partition coefficient (Wildman–Crippen LogP) is 6.10. The first-order valence-electron chi connectivity index (χ1n) is 8.86. The molecule has 0 radical (unpaired) electrons. The Labute approximate surface area is 156 Å². The van der Waals surface area contributed by atoms with Crippen LogP contribution in [0.5, 0.6) is 5.75 Å². The fourth-order valence-corrected chi connectivity index (χ4v) is 3.67. The second kappa shape index (κ2) is 6.69. The fourth-order valence-electron chi connectivity index (χ4n) is 2.65. The molecule has 0 unspecified atom stereocenters. The second-order valence-electron chi connectivity index (χ2n) is 8.09. The van der Waals surface area contributed by atoms with Crippen molar-refractivity contribution in [2.45, 2.75) is 38.9 Å². The molecule has 0 amide bonds. The Morgan fingerprint density at radius 2 is 1.65 bits per heavy atom. The average molecular weight is 364 g/mol. The Morgan fingerprint density at radius 1 is 0.962 bits per heavy atom. The monoisotopic (exact) mass is 363 g/mol. The highest BCUT2D eigenvalue weighted by atomic mass is 28.4. The highest BCUT2D eigenvalue weighted by Crippen LogP contribution is 2.40. The van der Waals surface area contributed by atoms with Crippen LogP contribution < -0.4 is 4.43 Å². The van der Waals surface area contributed by atoms with Crippen LogP contribution in [0.1, 0.15) is 31.3 Å². The molecule has 3 aromatic rings. The van der Waals surface area contributed by atoms with Gasteiger partial charge in [0.15, 0.2) is 6.29 Å². The molecule has 0 saturated heterocycles. The lowest BCUT2D eigenvalue weighted by molar-refractivity contribution is 0.111. The topological polar surface area (TPSA) is 39.2 Å². The van der Waals surface area contributed by atoms with Crippen molar-refractivity contribution in [1.82, 2.24) is 4.98 Å². The van der Waals surface area contributed by atoms with Crippen molar-refractivity contribution in [1.29, 1.82) is 0 Å². The summed E-state index contributed by atoms with van der Waals surface area (Å²) in [6.07, 6.45) is 0.782. The zero-order valence-corrected chi connectivity index (χ0v) is 17.0. The van der Waals surface area contributed by atoms with Crippen molar-refractivity contribution in [2.24, 2.45) is 0 Å². The van der Waals surface area contributed by atoms with Gasteiger partial charge in [-0.3, -0.25) is 4.79 Å². The van der Waals surface area contributed by atoms with E-state index >= 15 is 0 Å². The Morgan fingerprint density at radius 3 is 2.27 bits per heavy atom. The third-order valence-corrected chi connectivity index (χ3v) is 9.56. The number of hydrogen-bond acceptors (Lipinski definition) is 3. The summed E-state index contributed by atoms with van der Waals surface area (Å²) in [5, 5.41) is 1.08. The van der Waals surface area contributed by atoms with E-state index in [9.17, 15) is 4.79 Å². The molecule has 4 heteroatoms. The minimum absolute atomic E-state index is 0.0830. The van der Waals surface area contributed by atoms with Gasteiger partial charge in [0.25, 0.3) is 8.32 Å². The molecule has 26 heavy (non-hydrogen) atoms. The van der Waals surface area contributed by atoms with Crippen LogP contribution in [0.25, 0.3) is 22.0 Å². The number of fused-ring (bicyclic) bond motifs is 1. The fraction of sp³-hybridized carbons (Fsp3) is 0.273. The lowest BCUT2D eigenvalue weighted by Gasteiger charge is -2.36. The number of rotatable bonds is 4. The maximum atomic E-state index is 11.3. The van der Waals surface area contributed by atoms with Crippen molar-refractivity contribution in [3.05, 3.63) is 60.3 Å². The maximum Gasteiger partial charge on any atom is 0.250 e. The highest BCUT2D eigenvalue weighted by molar-refractivity contribution is 6.74. The van der Waals surface area contributed by atoms with Crippen LogP contribution in [0.3, 0.4) is 0 Å². The molecule has 2 aromatic carbocycles. The van der Waals surface area contributed by atoms with Gasteiger partial charge in [0.1, 0.15) is 17.0 Å². The molecule has 0 N–H and O–H groups in total. The Balaban J connectivity index is 2.21. The molecule has 1 aromatic heterocycles. The third kappa shape index (κ3) is 3.42. The van der Waals surface area contributed by atoms with E-state index in [0.29, 0.717) is 5.69 Å². The van der Waals surface area contributed by atoms with Gasteiger partial charge in [0.05, 0.1) is 0 Å². The number of aromatic nitrogens is 1. The minimum atomic E-state index is -2.02. The molecule has 0 atom stereocenters. The molecular weight excluding hydrogens is 338 g/mol. The van der Waals surface area contributed by atoms with E-state index < -0.39 is 8.32 Å². The van der Waals surface area contributed by atoms with Crippen molar-refractivity contribution >= 4 is 25.5 Å². The van der Waals surface area contributed by atoms with Gasteiger partial charge in [-0.15, -0.1) is 0 Å². The molecule has 0 aliphatic rings. The predicted molar refractivity (Wildman–Crippen MR) is 110 cm³/mol. The first-order valence-corrected chi connectivity index (χ1v) is 11.8. The van der Waals surface area contributed by atoms with E-state index in [-0.39, 0.29) is 5.04 Å². The quantitative estimate of drug-likeness (QED) is 0.415. The summed E-state index contributed by atoms with van der Waals surface area (Å²) >= 11 is 0. The number of pyridine rings is 1. The van der Waals surface area contributed by atoms with Gasteiger partial charge in [0, 0.05) is 5.39 Å². The summed E-state index contributed by atoms with van der Waals surface area (Å²) in [6, 6.07) is 18.0. The van der Waals surface area contributed by atoms with E-state index in [1.165, 1.54) is 0 Å². The van der Waals surface area contributed by atoms with Crippen LogP contribution in [0, 0.1) is 0 Å². The van der Waals surface area contributed by atoms with Crippen LogP contribution in [0.15, 0.2) is 54.6 Å². The van der Waals surface area contributed by atoms with E-state index in [0.717, 1.165) is 34.1 Å². The molecule has 3 rings (SSSR count). The lowest BCUT2D eigenvalue weighted by atomic mass is 10.00. The van der Waals surface area contributed by atoms with Gasteiger partial charge >= 0.3 is 0 Å². The van der Waals surface area contributed by atoms with Crippen molar-refractivity contribution in [2.75, 3.05) is 0 Å². The molecule has 0 fully saturated rings. The summed E-state index contributed by atoms with van der Waals surface area (Å²) in [4.78, 5) is 15.8. The SMILES string of the molecule is CC(C)(C)[Si](C)(C)Oc1ccc(-c2ccccc2)c2ccc(C=O)nc12. The second-order valence-corrected chi connectivity index (χ2v) is 12.8. The number of benzene rings is 2. The van der Waals surface area contributed by atoms with E-state index in [1.807, 2.05) is 30.3 Å². The number of carbonyl (C=O) groups is 1. The molecule has 0 spiro atoms. The van der Waals surface area contributed by atoms with Crippen molar-refractivity contribution in [3.63, 3.8) is 0 Å². The molecule has 0 aliphatic carbocycles. The first-order chi connectivity index (χ1) is 12.2. The van der Waals surface area contributed by atoms with E-state index in [2.05, 4.69) is 57.0 Å². The Kier molecular flexibility index (Phi) is 4.72. The van der Waals surface area contributed by atoms with Crippen LogP contribution in [0.4, 0.5) is 0 Å². The van der Waals surface area contributed by atoms with Gasteiger partial charge in [-0.1, -0.05) is 51.1 Å². The van der Waals surface area contributed by atoms with Gasteiger partial charge < -0.3 is 4.43 Å². The van der Waals surface area contributed by atoms with Gasteiger partial charge in [-0.05, 0) is 53.5 Å². The van der Waals surface area contributed by atoms with Crippen LogP contribution >= 0.6 is 0 Å². The standard InChI is InChI=1S/C22H25NO2Si/c1-22(2,3)26(4,5)25-20-14-13-18(16-9-7-6-8-10-16)19-12-11-17(15-24)23-21(19)20/h6-15H,1-5H3. The van der Waals surface area contributed by atoms with Gasteiger partial charge in [0.2, 0.25) is 0 Å². The molecule has 0 aliphatic heterocycles. The van der Waals surface area contributed by atoms with Crippen molar-refractivity contribution < 1.29 is 9.22 Å². The number of hydrogen-bond donors (Lipinski definition) is 0. The highest BCUT2D eigenvalue weighted by Gasteiger charge is 2.39. The number of nitrogens with zero attached hydrogens (tertiary/aromatic N) is 1. The molecule has 0 bridgehead atoms. The zero-order chi connectivity index (χ0) is 18.9. The van der Waals surface area contributed by atoms with E-state index in [1.54, 1.807) is 6.07 Å². The normalized spacial score (nSPS) is 12.2. The molecular formula is C22H25NO2Si. The molecule has 0 saturated carbocycles. The molecule has 3 nitrogen and oxygen atoms in total. The van der Waals surface area contributed by atoms with E-state index in [4.69, 9.17) is 4.43 Å². The lowest BCUT2D eigenvalue weighted by Crippen LogP contribution is -2.43. The van der Waals surface area contributed by atoms with Crippen LogP contribution in [-0.4, -0.2) is 19.6 Å². The number of carbonyl (C=O) groups excluding carboxylic acids is 1. The summed E-state index contributed by atoms with van der Waals surface area (Å²) in [5.41, 5.74) is 3.38. The summed E-state index contributed by atoms with van der Waals surface area (Å²) in [5.74, 6) is 0.759. The third-order valence-electron chi connectivity index (χ3n) is 5.22. The minimum Gasteiger partial charge on any atom is -0.542 e. The summed E-state index contributed by atoms with van der Waals surface area (Å²) in [6.45, 7) is 11.1. The van der Waals surface area contributed by atoms with Crippen LogP contribution in [-0.2, 0) is 0 Å². The van der Waals surface area contributed by atoms with Gasteiger partial charge in [-0.2, -0.15) is 0 Å². The zero-order valence-electron chi connectivity index (χ0n) is 16.0. The Bertz CT molecular complexity index is 944. The summed E-state index contributed by atoms with van der Waals surface area (Å²) in [7, 11) is -2.02. The molecule has 134 valence electrons. The maximum absolute atomic E-state index is 11.3.